The lowest BCUT2D eigenvalue weighted by molar-refractivity contribution is -0.130. The number of Topliss-reactive ketones (excluding diaryl/α,β-unsaturated/α-hetero) is 1. The highest BCUT2D eigenvalue weighted by Crippen LogP contribution is 2.03. The van der Waals surface area contributed by atoms with Crippen molar-refractivity contribution in [3.8, 4) is 0 Å². The maximum absolute atomic E-state index is 10.6. The number of aliphatic hydroxyl groups is 2. The molecule has 0 aromatic rings. The maximum atomic E-state index is 10.6. The molecule has 0 aliphatic carbocycles. The van der Waals surface area contributed by atoms with Gasteiger partial charge in [-0.25, -0.2) is 0 Å². The molecule has 0 aliphatic heterocycles. The third-order valence-electron chi connectivity index (χ3n) is 1.61. The number of carbonyl (C=O) groups is 1. The minimum Gasteiger partial charge on any atom is -0.388 e. The molecule has 11 heavy (non-hydrogen) atoms. The molecule has 0 bridgehead atoms. The Kier molecular flexibility index (Phi) is 6.07. The Hall–Kier alpha value is -0.410. The van der Waals surface area contributed by atoms with E-state index in [-0.39, 0.29) is 0 Å². The van der Waals surface area contributed by atoms with Crippen LogP contribution in [0.3, 0.4) is 0 Å². The van der Waals surface area contributed by atoms with E-state index in [4.69, 9.17) is 10.2 Å². The predicted octanol–water partition coefficient (Wildman–Crippen LogP) is 0.489. The highest BCUT2D eigenvalue weighted by molar-refractivity contribution is 5.83. The molecule has 0 aromatic carbocycles. The van der Waals surface area contributed by atoms with E-state index in [1.54, 1.807) is 0 Å². The number of carbonyl (C=O) groups excluding carboxylic acids is 1. The Morgan fingerprint density at radius 3 is 2.55 bits per heavy atom. The smallest absolute Gasteiger partial charge is 0.186 e. The third kappa shape index (κ3) is 4.93. The van der Waals surface area contributed by atoms with Gasteiger partial charge in [-0.1, -0.05) is 26.2 Å². The van der Waals surface area contributed by atoms with Crippen molar-refractivity contribution in [3.05, 3.63) is 0 Å². The molecule has 0 heterocycles. The molecule has 2 N–H and O–H groups in total. The minimum atomic E-state index is -0.952. The van der Waals surface area contributed by atoms with Crippen LogP contribution >= 0.6 is 0 Å². The van der Waals surface area contributed by atoms with Gasteiger partial charge in [0.25, 0.3) is 0 Å². The lowest BCUT2D eigenvalue weighted by atomic mass is 10.1. The lowest BCUT2D eigenvalue weighted by Gasteiger charge is -2.05. The number of hydrogen-bond donors (Lipinski definition) is 2. The van der Waals surface area contributed by atoms with Gasteiger partial charge < -0.3 is 10.2 Å². The third-order valence-corrected chi connectivity index (χ3v) is 1.61. The Balaban J connectivity index is 3.36. The average Bonchev–Trinajstić information content (AvgIpc) is 2.03. The number of aliphatic hydroxyl groups excluding tert-OH is 2. The Morgan fingerprint density at radius 2 is 2.09 bits per heavy atom. The Morgan fingerprint density at radius 1 is 1.45 bits per heavy atom. The molecule has 66 valence electrons. The molecular formula is C8H16O3. The zero-order valence-electron chi connectivity index (χ0n) is 6.92. The summed E-state index contributed by atoms with van der Waals surface area (Å²) >= 11 is 0. The first-order chi connectivity index (χ1) is 5.22. The maximum Gasteiger partial charge on any atom is 0.186 e. The second kappa shape index (κ2) is 6.31. The molecular weight excluding hydrogens is 144 g/mol. The van der Waals surface area contributed by atoms with Crippen LogP contribution in [0.25, 0.3) is 0 Å². The molecule has 0 rings (SSSR count). The van der Waals surface area contributed by atoms with Crippen LogP contribution in [0.1, 0.15) is 32.6 Å². The van der Waals surface area contributed by atoms with Crippen LogP contribution < -0.4 is 0 Å². The zero-order valence-corrected chi connectivity index (χ0v) is 6.92. The molecule has 0 aromatic heterocycles. The van der Waals surface area contributed by atoms with Crippen LogP contribution in [-0.4, -0.2) is 28.7 Å². The molecule has 0 saturated heterocycles. The topological polar surface area (TPSA) is 57.5 Å². The SMILES string of the molecule is CCCCC[C@@H](O)C(=O)CO. The Bertz CT molecular complexity index is 112. The molecule has 0 spiro atoms. The van der Waals surface area contributed by atoms with Gasteiger partial charge in [0.15, 0.2) is 5.78 Å². The molecule has 0 unspecified atom stereocenters. The van der Waals surface area contributed by atoms with Crippen LogP contribution in [0.4, 0.5) is 0 Å². The van der Waals surface area contributed by atoms with Gasteiger partial charge in [0.2, 0.25) is 0 Å². The molecule has 1 atom stereocenters. The van der Waals surface area contributed by atoms with Crippen molar-refractivity contribution in [2.75, 3.05) is 6.61 Å². The van der Waals surface area contributed by atoms with E-state index in [0.29, 0.717) is 6.42 Å². The summed E-state index contributed by atoms with van der Waals surface area (Å²) in [6.07, 6.45) is 2.47. The second-order valence-corrected chi connectivity index (χ2v) is 2.64. The largest absolute Gasteiger partial charge is 0.388 e. The second-order valence-electron chi connectivity index (χ2n) is 2.64. The molecule has 0 radical (unpaired) electrons. The first kappa shape index (κ1) is 10.6. The lowest BCUT2D eigenvalue weighted by Crippen LogP contribution is -2.23. The molecule has 0 aliphatic rings. The van der Waals surface area contributed by atoms with Gasteiger partial charge in [-0.3, -0.25) is 4.79 Å². The van der Waals surface area contributed by atoms with Crippen molar-refractivity contribution < 1.29 is 15.0 Å². The summed E-state index contributed by atoms with van der Waals surface area (Å²) < 4.78 is 0. The van der Waals surface area contributed by atoms with Crippen LogP contribution in [0.2, 0.25) is 0 Å². The van der Waals surface area contributed by atoms with E-state index in [9.17, 15) is 4.79 Å². The number of ketones is 1. The van der Waals surface area contributed by atoms with Crippen LogP contribution in [-0.2, 0) is 4.79 Å². The number of unbranched alkanes of at least 4 members (excludes halogenated alkanes) is 2. The van der Waals surface area contributed by atoms with E-state index in [1.807, 2.05) is 0 Å². The monoisotopic (exact) mass is 160 g/mol. The van der Waals surface area contributed by atoms with Gasteiger partial charge in [0.1, 0.15) is 12.7 Å². The van der Waals surface area contributed by atoms with Crippen molar-refractivity contribution in [3.63, 3.8) is 0 Å². The molecule has 0 fully saturated rings. The van der Waals surface area contributed by atoms with Gasteiger partial charge >= 0.3 is 0 Å². The summed E-state index contributed by atoms with van der Waals surface area (Å²) in [7, 11) is 0. The molecule has 0 saturated carbocycles. The predicted molar refractivity (Wildman–Crippen MR) is 42.2 cm³/mol. The summed E-state index contributed by atoms with van der Waals surface area (Å²) in [4.78, 5) is 10.6. The van der Waals surface area contributed by atoms with Gasteiger partial charge in [-0.15, -0.1) is 0 Å². The summed E-state index contributed by atoms with van der Waals surface area (Å²) in [6, 6.07) is 0. The number of rotatable bonds is 6. The summed E-state index contributed by atoms with van der Waals surface area (Å²) in [5, 5.41) is 17.4. The summed E-state index contributed by atoms with van der Waals surface area (Å²) in [5.74, 6) is -0.471. The zero-order chi connectivity index (χ0) is 8.69. The molecule has 0 amide bonds. The first-order valence-corrected chi connectivity index (χ1v) is 4.04. The van der Waals surface area contributed by atoms with Crippen LogP contribution in [0.5, 0.6) is 0 Å². The highest BCUT2D eigenvalue weighted by Gasteiger charge is 2.11. The van der Waals surface area contributed by atoms with Crippen LogP contribution in [0, 0.1) is 0 Å². The van der Waals surface area contributed by atoms with Gasteiger partial charge in [0, 0.05) is 0 Å². The van der Waals surface area contributed by atoms with Gasteiger partial charge in [-0.2, -0.15) is 0 Å². The van der Waals surface area contributed by atoms with Crippen molar-refractivity contribution in [2.24, 2.45) is 0 Å². The van der Waals surface area contributed by atoms with E-state index in [1.165, 1.54) is 0 Å². The quantitative estimate of drug-likeness (QED) is 0.556. The van der Waals surface area contributed by atoms with E-state index < -0.39 is 18.5 Å². The Labute approximate surface area is 67.0 Å². The van der Waals surface area contributed by atoms with Gasteiger partial charge in [0.05, 0.1) is 0 Å². The van der Waals surface area contributed by atoms with E-state index in [0.717, 1.165) is 19.3 Å². The van der Waals surface area contributed by atoms with Gasteiger partial charge in [-0.05, 0) is 6.42 Å². The summed E-state index contributed by atoms with van der Waals surface area (Å²) in [6.45, 7) is 1.51. The fourth-order valence-corrected chi connectivity index (χ4v) is 0.854. The fraction of sp³-hybridized carbons (Fsp3) is 0.875. The normalized spacial score (nSPS) is 13.0. The van der Waals surface area contributed by atoms with Crippen molar-refractivity contribution in [1.29, 1.82) is 0 Å². The van der Waals surface area contributed by atoms with Crippen molar-refractivity contribution >= 4 is 5.78 Å². The van der Waals surface area contributed by atoms with E-state index >= 15 is 0 Å². The number of hydrogen-bond acceptors (Lipinski definition) is 3. The molecule has 3 heteroatoms. The van der Waals surface area contributed by atoms with Crippen LogP contribution in [0.15, 0.2) is 0 Å². The molecule has 3 nitrogen and oxygen atoms in total. The first-order valence-electron chi connectivity index (χ1n) is 4.04. The van der Waals surface area contributed by atoms with Crippen molar-refractivity contribution in [1.82, 2.24) is 0 Å². The fourth-order valence-electron chi connectivity index (χ4n) is 0.854. The van der Waals surface area contributed by atoms with Crippen molar-refractivity contribution in [2.45, 2.75) is 38.7 Å². The minimum absolute atomic E-state index is 0.471. The van der Waals surface area contributed by atoms with E-state index in [2.05, 4.69) is 6.92 Å². The highest BCUT2D eigenvalue weighted by atomic mass is 16.3. The standard InChI is InChI=1S/C8H16O3/c1-2-3-4-5-7(10)8(11)6-9/h7,9-10H,2-6H2,1H3/t7-/m1/s1. The average molecular weight is 160 g/mol. The summed E-state index contributed by atoms with van der Waals surface area (Å²) in [5.41, 5.74) is 0.